The summed E-state index contributed by atoms with van der Waals surface area (Å²) in [6.07, 6.45) is -1.42. The molecule has 3 heterocycles. The highest BCUT2D eigenvalue weighted by molar-refractivity contribution is 5.89. The summed E-state index contributed by atoms with van der Waals surface area (Å²) in [7, 11) is 2.94. The van der Waals surface area contributed by atoms with Gasteiger partial charge in [0.05, 0.1) is 17.3 Å². The highest BCUT2D eigenvalue weighted by Gasteiger charge is 2.28. The van der Waals surface area contributed by atoms with Crippen molar-refractivity contribution in [2.45, 2.75) is 19.4 Å². The second-order valence-corrected chi connectivity index (χ2v) is 9.97. The van der Waals surface area contributed by atoms with E-state index in [-0.39, 0.29) is 33.4 Å². The molecule has 13 heteroatoms. The van der Waals surface area contributed by atoms with Crippen molar-refractivity contribution in [3.05, 3.63) is 91.9 Å². The van der Waals surface area contributed by atoms with Crippen LogP contribution in [0.5, 0.6) is 0 Å². The predicted molar refractivity (Wildman–Crippen MR) is 146 cm³/mol. The van der Waals surface area contributed by atoms with Gasteiger partial charge in [0, 0.05) is 69.0 Å². The molecule has 1 N–H and O–H groups in total. The minimum Gasteiger partial charge on any atom is -0.378 e. The number of nitrogens with zero attached hydrogens (tertiary/aromatic N) is 5. The Kier molecular flexibility index (Phi) is 7.45. The molecule has 41 heavy (non-hydrogen) atoms. The largest absolute Gasteiger partial charge is 0.378 e. The molecule has 1 saturated heterocycles. The lowest BCUT2D eigenvalue weighted by atomic mass is 9.98. The number of aryl methyl sites for hydroxylation is 1. The van der Waals surface area contributed by atoms with Crippen molar-refractivity contribution in [1.82, 2.24) is 14.3 Å². The van der Waals surface area contributed by atoms with Crippen LogP contribution >= 0.6 is 0 Å². The molecular weight excluding hydrogens is 547 g/mol. The smallest absolute Gasteiger partial charge is 0.268 e. The van der Waals surface area contributed by atoms with Crippen molar-refractivity contribution in [1.29, 1.82) is 0 Å². The fraction of sp³-hybridized carbons (Fsp3) is 0.321. The lowest BCUT2D eigenvalue weighted by molar-refractivity contribution is 0.151. The van der Waals surface area contributed by atoms with E-state index in [4.69, 9.17) is 0 Å². The molecule has 0 spiro atoms. The van der Waals surface area contributed by atoms with Gasteiger partial charge in [0.1, 0.15) is 17.5 Å². The van der Waals surface area contributed by atoms with Gasteiger partial charge in [0.2, 0.25) is 0 Å². The number of pyridine rings is 1. The fourth-order valence-corrected chi connectivity index (χ4v) is 5.24. The highest BCUT2D eigenvalue weighted by Crippen LogP contribution is 2.35. The van der Waals surface area contributed by atoms with Crippen LogP contribution < -0.4 is 26.2 Å². The van der Waals surface area contributed by atoms with Crippen molar-refractivity contribution >= 4 is 28.0 Å². The van der Waals surface area contributed by atoms with Crippen molar-refractivity contribution in [2.75, 3.05) is 41.3 Å². The average molecular weight is 575 g/mol. The number of rotatable bonds is 6. The Morgan fingerprint density at radius 3 is 2.20 bits per heavy atom. The van der Waals surface area contributed by atoms with Gasteiger partial charge in [-0.3, -0.25) is 14.2 Å². The molecule has 0 aliphatic carbocycles. The first-order chi connectivity index (χ1) is 19.5. The number of anilines is 3. The first-order valence-electron chi connectivity index (χ1n) is 12.8. The number of hydrogen-bond donors (Lipinski definition) is 1. The minimum atomic E-state index is -2.99. The van der Waals surface area contributed by atoms with E-state index in [0.717, 1.165) is 28.8 Å². The van der Waals surface area contributed by atoms with E-state index >= 15 is 4.39 Å². The normalized spacial score (nSPS) is 14.7. The molecule has 1 aliphatic heterocycles. The van der Waals surface area contributed by atoms with Gasteiger partial charge in [0.25, 0.3) is 17.5 Å². The Bertz CT molecular complexity index is 1750. The van der Waals surface area contributed by atoms with E-state index in [0.29, 0.717) is 37.9 Å². The van der Waals surface area contributed by atoms with Crippen molar-refractivity contribution in [2.24, 2.45) is 14.1 Å². The number of halogens is 5. The summed E-state index contributed by atoms with van der Waals surface area (Å²) in [5, 5.41) is 6.50. The summed E-state index contributed by atoms with van der Waals surface area (Å²) in [5.74, 6) is -2.41. The minimum absolute atomic E-state index is 0.000592. The number of nitrogens with one attached hydrogen (secondary N) is 1. The van der Waals surface area contributed by atoms with Crippen molar-refractivity contribution in [3.8, 4) is 0 Å². The van der Waals surface area contributed by atoms with Crippen LogP contribution in [0.1, 0.15) is 30.5 Å². The number of fused-ring (bicyclic) bond motifs is 1. The molecule has 0 radical (unpaired) electrons. The van der Waals surface area contributed by atoms with Gasteiger partial charge in [-0.2, -0.15) is 5.10 Å². The second kappa shape index (κ2) is 10.9. The van der Waals surface area contributed by atoms with Gasteiger partial charge in [-0.15, -0.1) is 0 Å². The Morgan fingerprint density at radius 1 is 0.878 bits per heavy atom. The molecule has 0 bridgehead atoms. The zero-order chi connectivity index (χ0) is 29.6. The number of piperazine rings is 1. The van der Waals surface area contributed by atoms with Crippen LogP contribution in [0.15, 0.2) is 52.2 Å². The molecule has 8 nitrogen and oxygen atoms in total. The third kappa shape index (κ3) is 5.23. The Hall–Kier alpha value is -4.42. The molecule has 4 aromatic rings. The van der Waals surface area contributed by atoms with E-state index in [9.17, 15) is 27.2 Å². The maximum absolute atomic E-state index is 16.4. The second-order valence-electron chi connectivity index (χ2n) is 9.97. The molecular formula is C28H27F5N6O2. The van der Waals surface area contributed by atoms with Gasteiger partial charge in [-0.05, 0) is 42.8 Å². The summed E-state index contributed by atoms with van der Waals surface area (Å²) >= 11 is 0. The zero-order valence-corrected chi connectivity index (χ0v) is 22.5. The van der Waals surface area contributed by atoms with E-state index in [1.807, 2.05) is 4.90 Å². The average Bonchev–Trinajstić information content (AvgIpc) is 2.94. The number of hydrogen-bond acceptors (Lipinski definition) is 6. The standard InChI is InChI=1S/C28H27F5N6O2/c1-15(35-22-5-4-16(29)10-20(22)26(32)33)19-11-17(30)12-21-24(19)25(31)27(36(2)28(21)41)39-8-6-38(7-9-39)18-13-23(40)37(3)34-14-18/h4-5,10-15,26,35H,6-9H2,1-3H3/t15-/m1/s1. The van der Waals surface area contributed by atoms with Crippen LogP contribution in [0.25, 0.3) is 10.8 Å². The van der Waals surface area contributed by atoms with Crippen LogP contribution in [0, 0.1) is 17.5 Å². The van der Waals surface area contributed by atoms with Gasteiger partial charge >= 0.3 is 0 Å². The Morgan fingerprint density at radius 2 is 1.54 bits per heavy atom. The lowest BCUT2D eigenvalue weighted by Gasteiger charge is -2.38. The summed E-state index contributed by atoms with van der Waals surface area (Å²) in [6.45, 7) is 2.96. The van der Waals surface area contributed by atoms with Gasteiger partial charge in [-0.1, -0.05) is 0 Å². The van der Waals surface area contributed by atoms with Gasteiger partial charge in [0.15, 0.2) is 5.82 Å². The van der Waals surface area contributed by atoms with E-state index < -0.39 is 41.0 Å². The summed E-state index contributed by atoms with van der Waals surface area (Å²) in [6, 6.07) is 5.36. The number of alkyl halides is 2. The van der Waals surface area contributed by atoms with Gasteiger partial charge < -0.3 is 15.1 Å². The van der Waals surface area contributed by atoms with Crippen LogP contribution in [0.4, 0.5) is 39.1 Å². The van der Waals surface area contributed by atoms with Crippen LogP contribution in [-0.2, 0) is 14.1 Å². The lowest BCUT2D eigenvalue weighted by Crippen LogP contribution is -2.48. The van der Waals surface area contributed by atoms with Crippen molar-refractivity contribution in [3.63, 3.8) is 0 Å². The summed E-state index contributed by atoms with van der Waals surface area (Å²) in [5.41, 5.74) is -0.918. The fourth-order valence-electron chi connectivity index (χ4n) is 5.24. The first kappa shape index (κ1) is 28.1. The van der Waals surface area contributed by atoms with Crippen LogP contribution in [0.3, 0.4) is 0 Å². The molecule has 1 fully saturated rings. The van der Waals surface area contributed by atoms with E-state index in [1.54, 1.807) is 18.1 Å². The van der Waals surface area contributed by atoms with Gasteiger partial charge in [-0.25, -0.2) is 26.6 Å². The van der Waals surface area contributed by atoms with Crippen LogP contribution in [0.2, 0.25) is 0 Å². The molecule has 1 aliphatic rings. The zero-order valence-electron chi connectivity index (χ0n) is 22.5. The first-order valence-corrected chi connectivity index (χ1v) is 12.8. The number of aromatic nitrogens is 3. The quantitative estimate of drug-likeness (QED) is 0.343. The summed E-state index contributed by atoms with van der Waals surface area (Å²) in [4.78, 5) is 29.0. The predicted octanol–water partition coefficient (Wildman–Crippen LogP) is 4.49. The highest BCUT2D eigenvalue weighted by atomic mass is 19.3. The summed E-state index contributed by atoms with van der Waals surface area (Å²) < 4.78 is 74.2. The molecule has 216 valence electrons. The topological polar surface area (TPSA) is 75.4 Å². The molecule has 2 aromatic heterocycles. The molecule has 0 saturated carbocycles. The maximum Gasteiger partial charge on any atom is 0.268 e. The molecule has 1 atom stereocenters. The SMILES string of the molecule is C[C@@H](Nc1ccc(F)cc1C(F)F)c1cc(F)cc2c(=O)n(C)c(N3CCN(c4cnn(C)c(=O)c4)CC3)c(F)c12. The molecule has 0 amide bonds. The molecule has 0 unspecified atom stereocenters. The van der Waals surface area contributed by atoms with E-state index in [1.165, 1.54) is 24.7 Å². The third-order valence-electron chi connectivity index (χ3n) is 7.39. The maximum atomic E-state index is 16.4. The Balaban J connectivity index is 1.53. The monoisotopic (exact) mass is 574 g/mol. The molecule has 5 rings (SSSR count). The Labute approximate surface area is 231 Å². The molecule has 2 aromatic carbocycles. The number of benzene rings is 2. The van der Waals surface area contributed by atoms with Crippen LogP contribution in [-0.4, -0.2) is 40.5 Å². The third-order valence-corrected chi connectivity index (χ3v) is 7.39. The van der Waals surface area contributed by atoms with Crippen molar-refractivity contribution < 1.29 is 22.0 Å². The van der Waals surface area contributed by atoms with E-state index in [2.05, 4.69) is 10.4 Å².